The lowest BCUT2D eigenvalue weighted by Crippen LogP contribution is -2.35. The van der Waals surface area contributed by atoms with Crippen molar-refractivity contribution in [2.45, 2.75) is 19.3 Å². The van der Waals surface area contributed by atoms with Gasteiger partial charge in [-0.05, 0) is 67.3 Å². The third-order valence-electron chi connectivity index (χ3n) is 5.44. The molecule has 1 amide bonds. The summed E-state index contributed by atoms with van der Waals surface area (Å²) in [5, 5.41) is 3.39. The van der Waals surface area contributed by atoms with Crippen molar-refractivity contribution in [3.05, 3.63) is 71.8 Å². The summed E-state index contributed by atoms with van der Waals surface area (Å²) in [7, 11) is 0. The van der Waals surface area contributed by atoms with Gasteiger partial charge in [0.1, 0.15) is 6.33 Å². The van der Waals surface area contributed by atoms with Gasteiger partial charge in [-0.25, -0.2) is 4.98 Å². The molecule has 0 spiro atoms. The molecular formula is C23H21ClN6O. The molecule has 2 aromatic heterocycles. The van der Waals surface area contributed by atoms with Crippen molar-refractivity contribution in [3.63, 3.8) is 0 Å². The second kappa shape index (κ2) is 8.35. The first kappa shape index (κ1) is 19.5. The van der Waals surface area contributed by atoms with Crippen LogP contribution in [0.1, 0.15) is 29.6 Å². The average Bonchev–Trinajstić information content (AvgIpc) is 3.24. The van der Waals surface area contributed by atoms with Gasteiger partial charge in [-0.15, -0.1) is 0 Å². The highest BCUT2D eigenvalue weighted by molar-refractivity contribution is 6.28. The highest BCUT2D eigenvalue weighted by Gasteiger charge is 2.18. The van der Waals surface area contributed by atoms with Crippen LogP contribution in [0.25, 0.3) is 16.9 Å². The van der Waals surface area contributed by atoms with Gasteiger partial charge in [0.25, 0.3) is 5.91 Å². The molecule has 0 radical (unpaired) electrons. The molecule has 1 N–H and O–H groups in total. The number of nitrogens with zero attached hydrogens (tertiary/aromatic N) is 5. The van der Waals surface area contributed by atoms with Gasteiger partial charge in [0.05, 0.1) is 0 Å². The normalized spacial score (nSPS) is 14.0. The number of likely N-dealkylation sites (tertiary alicyclic amines) is 1. The van der Waals surface area contributed by atoms with Gasteiger partial charge in [0, 0.05) is 30.0 Å². The summed E-state index contributed by atoms with van der Waals surface area (Å²) in [5.41, 5.74) is 3.64. The highest BCUT2D eigenvalue weighted by atomic mass is 35.5. The first-order valence-electron chi connectivity index (χ1n) is 10.3. The summed E-state index contributed by atoms with van der Waals surface area (Å²) in [6, 6.07) is 17.2. The Morgan fingerprint density at radius 1 is 0.935 bits per heavy atom. The van der Waals surface area contributed by atoms with Gasteiger partial charge in [-0.1, -0.05) is 18.2 Å². The van der Waals surface area contributed by atoms with Gasteiger partial charge < -0.3 is 10.2 Å². The van der Waals surface area contributed by atoms with E-state index >= 15 is 0 Å². The van der Waals surface area contributed by atoms with Gasteiger partial charge in [0.2, 0.25) is 5.28 Å². The molecule has 0 atom stereocenters. The highest BCUT2D eigenvalue weighted by Crippen LogP contribution is 2.26. The van der Waals surface area contributed by atoms with E-state index in [-0.39, 0.29) is 11.2 Å². The number of anilines is 2. The lowest BCUT2D eigenvalue weighted by Gasteiger charge is -2.26. The first-order chi connectivity index (χ1) is 15.2. The summed E-state index contributed by atoms with van der Waals surface area (Å²) in [5.74, 6) is 0.597. The number of amides is 1. The Bertz CT molecular complexity index is 1220. The summed E-state index contributed by atoms with van der Waals surface area (Å²) in [4.78, 5) is 27.8. The topological polar surface area (TPSA) is 75.9 Å². The van der Waals surface area contributed by atoms with Crippen LogP contribution in [0.5, 0.6) is 0 Å². The number of carbonyl (C=O) groups excluding carboxylic acids is 1. The van der Waals surface area contributed by atoms with Crippen molar-refractivity contribution in [3.8, 4) is 5.69 Å². The van der Waals surface area contributed by atoms with Gasteiger partial charge in [-0.3, -0.25) is 9.36 Å². The Kier molecular flexibility index (Phi) is 5.26. The molecule has 5 rings (SSSR count). The summed E-state index contributed by atoms with van der Waals surface area (Å²) < 4.78 is 1.87. The number of halogens is 1. The minimum absolute atomic E-state index is 0.0836. The molecule has 3 heterocycles. The van der Waals surface area contributed by atoms with Crippen LogP contribution in [0.4, 0.5) is 11.5 Å². The van der Waals surface area contributed by atoms with E-state index in [1.807, 2.05) is 64.1 Å². The van der Waals surface area contributed by atoms with Crippen molar-refractivity contribution in [2.75, 3.05) is 18.4 Å². The van der Waals surface area contributed by atoms with Crippen molar-refractivity contribution in [2.24, 2.45) is 0 Å². The van der Waals surface area contributed by atoms with Gasteiger partial charge in [0.15, 0.2) is 17.0 Å². The van der Waals surface area contributed by atoms with E-state index in [9.17, 15) is 4.79 Å². The average molecular weight is 433 g/mol. The van der Waals surface area contributed by atoms with E-state index in [4.69, 9.17) is 11.6 Å². The third-order valence-corrected chi connectivity index (χ3v) is 5.61. The number of rotatable bonds is 4. The SMILES string of the molecule is O=C(c1ccc(Nc2nc(Cl)nc3c2ncn3-c2ccccc2)cc1)N1CCCCC1. The first-order valence-corrected chi connectivity index (χ1v) is 10.7. The Labute approximate surface area is 184 Å². The molecule has 31 heavy (non-hydrogen) atoms. The molecule has 0 saturated carbocycles. The Hall–Kier alpha value is -3.45. The fourth-order valence-corrected chi connectivity index (χ4v) is 4.02. The summed E-state index contributed by atoms with van der Waals surface area (Å²) in [6.07, 6.45) is 5.05. The summed E-state index contributed by atoms with van der Waals surface area (Å²) in [6.45, 7) is 1.67. The maximum atomic E-state index is 12.7. The predicted octanol–water partition coefficient (Wildman–Crippen LogP) is 4.84. The zero-order valence-corrected chi connectivity index (χ0v) is 17.6. The van der Waals surface area contributed by atoms with Crippen LogP contribution in [-0.2, 0) is 0 Å². The minimum atomic E-state index is 0.0836. The van der Waals surface area contributed by atoms with Crippen LogP contribution in [-0.4, -0.2) is 43.4 Å². The number of fused-ring (bicyclic) bond motifs is 1. The number of aromatic nitrogens is 4. The molecule has 156 valence electrons. The Morgan fingerprint density at radius 2 is 1.68 bits per heavy atom. The number of imidazole rings is 1. The molecule has 8 heteroatoms. The fraction of sp³-hybridized carbons (Fsp3) is 0.217. The molecule has 4 aromatic rings. The van der Waals surface area contributed by atoms with E-state index in [1.54, 1.807) is 6.33 Å². The second-order valence-electron chi connectivity index (χ2n) is 7.52. The second-order valence-corrected chi connectivity index (χ2v) is 7.86. The third kappa shape index (κ3) is 3.96. The van der Waals surface area contributed by atoms with Crippen LogP contribution in [0, 0.1) is 0 Å². The minimum Gasteiger partial charge on any atom is -0.339 e. The van der Waals surface area contributed by atoms with E-state index in [0.717, 1.165) is 37.3 Å². The van der Waals surface area contributed by atoms with E-state index in [1.165, 1.54) is 6.42 Å². The van der Waals surface area contributed by atoms with E-state index < -0.39 is 0 Å². The van der Waals surface area contributed by atoms with Gasteiger partial charge >= 0.3 is 0 Å². The molecule has 0 unspecified atom stereocenters. The van der Waals surface area contributed by atoms with Crippen molar-refractivity contribution >= 4 is 40.2 Å². The number of para-hydroxylation sites is 1. The Morgan fingerprint density at radius 3 is 2.42 bits per heavy atom. The monoisotopic (exact) mass is 432 g/mol. The number of hydrogen-bond acceptors (Lipinski definition) is 5. The molecular weight excluding hydrogens is 412 g/mol. The quantitative estimate of drug-likeness (QED) is 0.467. The van der Waals surface area contributed by atoms with Crippen LogP contribution < -0.4 is 5.32 Å². The number of hydrogen-bond donors (Lipinski definition) is 1. The maximum Gasteiger partial charge on any atom is 0.253 e. The maximum absolute atomic E-state index is 12.7. The number of nitrogens with one attached hydrogen (secondary N) is 1. The van der Waals surface area contributed by atoms with Crippen LogP contribution >= 0.6 is 11.6 Å². The summed E-state index contributed by atoms with van der Waals surface area (Å²) >= 11 is 6.21. The van der Waals surface area contributed by atoms with Crippen molar-refractivity contribution in [1.82, 2.24) is 24.4 Å². The molecule has 7 nitrogen and oxygen atoms in total. The molecule has 1 saturated heterocycles. The number of carbonyl (C=O) groups is 1. The van der Waals surface area contributed by atoms with Crippen molar-refractivity contribution < 1.29 is 4.79 Å². The van der Waals surface area contributed by atoms with E-state index in [0.29, 0.717) is 22.5 Å². The molecule has 0 aliphatic carbocycles. The Balaban J connectivity index is 1.41. The zero-order chi connectivity index (χ0) is 21.2. The molecule has 1 aliphatic rings. The standard InChI is InChI=1S/C23H21ClN6O/c24-23-27-20(19-21(28-23)30(15-25-19)18-7-3-1-4-8-18)26-17-11-9-16(10-12-17)22(31)29-13-5-2-6-14-29/h1,3-4,7-12,15H,2,5-6,13-14H2,(H,26,27,28). The molecule has 1 aliphatic heterocycles. The van der Waals surface area contributed by atoms with E-state index in [2.05, 4.69) is 20.3 Å². The largest absolute Gasteiger partial charge is 0.339 e. The lowest BCUT2D eigenvalue weighted by atomic mass is 10.1. The molecule has 2 aromatic carbocycles. The molecule has 0 bridgehead atoms. The van der Waals surface area contributed by atoms with Crippen LogP contribution in [0.2, 0.25) is 5.28 Å². The van der Waals surface area contributed by atoms with Crippen LogP contribution in [0.3, 0.4) is 0 Å². The number of piperidine rings is 1. The smallest absolute Gasteiger partial charge is 0.253 e. The fourth-order valence-electron chi connectivity index (χ4n) is 3.85. The van der Waals surface area contributed by atoms with Gasteiger partial charge in [-0.2, -0.15) is 9.97 Å². The lowest BCUT2D eigenvalue weighted by molar-refractivity contribution is 0.0724. The molecule has 1 fully saturated rings. The predicted molar refractivity (Wildman–Crippen MR) is 121 cm³/mol. The van der Waals surface area contributed by atoms with Crippen LogP contribution in [0.15, 0.2) is 60.9 Å². The number of benzene rings is 2. The zero-order valence-electron chi connectivity index (χ0n) is 16.8. The van der Waals surface area contributed by atoms with Crippen molar-refractivity contribution in [1.29, 1.82) is 0 Å².